The first-order valence-electron chi connectivity index (χ1n) is 6.92. The van der Waals surface area contributed by atoms with Crippen LogP contribution >= 0.6 is 0 Å². The van der Waals surface area contributed by atoms with Crippen molar-refractivity contribution in [3.8, 4) is 6.01 Å². The van der Waals surface area contributed by atoms with Crippen LogP contribution in [0.15, 0.2) is 0 Å². The molecular formula is C12H22N6O2. The van der Waals surface area contributed by atoms with E-state index in [1.807, 2.05) is 18.7 Å². The average Bonchev–Trinajstić information content (AvgIpc) is 2.47. The fraction of sp³-hybridized carbons (Fsp3) is 0.750. The molecule has 2 unspecified atom stereocenters. The minimum Gasteiger partial charge on any atom is -0.463 e. The topological polar surface area (TPSA) is 109 Å². The summed E-state index contributed by atoms with van der Waals surface area (Å²) in [6.45, 7) is 5.96. The third-order valence-electron chi connectivity index (χ3n) is 3.31. The van der Waals surface area contributed by atoms with E-state index in [1.54, 1.807) is 0 Å². The molecule has 1 aromatic rings. The van der Waals surface area contributed by atoms with Crippen LogP contribution in [0.4, 0.5) is 11.9 Å². The number of nitrogens with zero attached hydrogens (tertiary/aromatic N) is 4. The number of ether oxygens (including phenoxy) is 1. The molecule has 0 amide bonds. The number of aliphatic hydroxyl groups excluding tert-OH is 1. The molecule has 8 nitrogen and oxygen atoms in total. The summed E-state index contributed by atoms with van der Waals surface area (Å²) in [6.07, 6.45) is 1.30. The van der Waals surface area contributed by atoms with Crippen molar-refractivity contribution in [2.24, 2.45) is 11.8 Å². The highest BCUT2D eigenvalue weighted by molar-refractivity contribution is 5.38. The van der Waals surface area contributed by atoms with Crippen molar-refractivity contribution in [1.82, 2.24) is 15.0 Å². The van der Waals surface area contributed by atoms with E-state index >= 15 is 0 Å². The second kappa shape index (κ2) is 6.67. The van der Waals surface area contributed by atoms with E-state index in [9.17, 15) is 5.11 Å². The van der Waals surface area contributed by atoms with Crippen LogP contribution in [0.1, 0.15) is 26.7 Å². The maximum absolute atomic E-state index is 9.78. The zero-order chi connectivity index (χ0) is 14.5. The summed E-state index contributed by atoms with van der Waals surface area (Å²) in [7, 11) is 0. The van der Waals surface area contributed by atoms with Crippen molar-refractivity contribution >= 4 is 11.9 Å². The van der Waals surface area contributed by atoms with Gasteiger partial charge in [0.05, 0.1) is 12.7 Å². The van der Waals surface area contributed by atoms with Crippen LogP contribution in [0.5, 0.6) is 6.01 Å². The molecular weight excluding hydrogens is 260 g/mol. The summed E-state index contributed by atoms with van der Waals surface area (Å²) < 4.78 is 5.44. The number of aliphatic hydroxyl groups is 1. The molecule has 0 aliphatic carbocycles. The van der Waals surface area contributed by atoms with Crippen molar-refractivity contribution < 1.29 is 9.84 Å². The standard InChI is InChI=1S/C12H22N6O2/c1-3-6-20-12-15-10(17-13)14-11(16-12)18-5-4-9(19)8(2)7-18/h8-9,19H,3-7,13H2,1-2H3,(H,14,15,16,17). The van der Waals surface area contributed by atoms with Crippen molar-refractivity contribution in [1.29, 1.82) is 0 Å². The van der Waals surface area contributed by atoms with Crippen LogP contribution in [0.2, 0.25) is 0 Å². The van der Waals surface area contributed by atoms with Gasteiger partial charge in [-0.05, 0) is 18.8 Å². The Labute approximate surface area is 118 Å². The lowest BCUT2D eigenvalue weighted by Crippen LogP contribution is -2.42. The lowest BCUT2D eigenvalue weighted by molar-refractivity contribution is 0.0966. The molecule has 0 saturated carbocycles. The highest BCUT2D eigenvalue weighted by atomic mass is 16.5. The van der Waals surface area contributed by atoms with Crippen LogP contribution in [-0.2, 0) is 0 Å². The molecule has 1 fully saturated rings. The number of hydrazine groups is 1. The van der Waals surface area contributed by atoms with Crippen LogP contribution in [0.3, 0.4) is 0 Å². The van der Waals surface area contributed by atoms with E-state index in [1.165, 1.54) is 0 Å². The molecule has 112 valence electrons. The number of anilines is 2. The number of aromatic nitrogens is 3. The third-order valence-corrected chi connectivity index (χ3v) is 3.31. The average molecular weight is 282 g/mol. The van der Waals surface area contributed by atoms with Crippen LogP contribution in [0.25, 0.3) is 0 Å². The minimum atomic E-state index is -0.268. The first-order valence-corrected chi connectivity index (χ1v) is 6.92. The molecule has 1 aliphatic heterocycles. The summed E-state index contributed by atoms with van der Waals surface area (Å²) in [5.41, 5.74) is 2.42. The van der Waals surface area contributed by atoms with Gasteiger partial charge >= 0.3 is 6.01 Å². The van der Waals surface area contributed by atoms with Gasteiger partial charge in [0.25, 0.3) is 0 Å². The van der Waals surface area contributed by atoms with Gasteiger partial charge in [0, 0.05) is 13.1 Å². The van der Waals surface area contributed by atoms with Gasteiger partial charge in [0.2, 0.25) is 11.9 Å². The van der Waals surface area contributed by atoms with Crippen LogP contribution < -0.4 is 20.9 Å². The first-order chi connectivity index (χ1) is 9.63. The zero-order valence-corrected chi connectivity index (χ0v) is 11.9. The SMILES string of the molecule is CCCOc1nc(NN)nc(N2CCC(O)C(C)C2)n1. The highest BCUT2D eigenvalue weighted by Gasteiger charge is 2.26. The Balaban J connectivity index is 2.17. The number of nitrogen functional groups attached to an aromatic ring is 1. The van der Waals surface area contributed by atoms with Gasteiger partial charge in [-0.15, -0.1) is 0 Å². The number of piperidine rings is 1. The van der Waals surface area contributed by atoms with E-state index in [0.717, 1.165) is 6.42 Å². The van der Waals surface area contributed by atoms with Gasteiger partial charge in [-0.25, -0.2) is 5.84 Å². The molecule has 4 N–H and O–H groups in total. The van der Waals surface area contributed by atoms with Gasteiger partial charge < -0.3 is 14.7 Å². The molecule has 0 bridgehead atoms. The summed E-state index contributed by atoms with van der Waals surface area (Å²) in [6, 6.07) is 0.267. The van der Waals surface area contributed by atoms with Gasteiger partial charge in [0.1, 0.15) is 0 Å². The smallest absolute Gasteiger partial charge is 0.323 e. The van der Waals surface area contributed by atoms with Crippen LogP contribution in [-0.4, -0.2) is 45.9 Å². The minimum absolute atomic E-state index is 0.176. The van der Waals surface area contributed by atoms with E-state index in [4.69, 9.17) is 10.6 Å². The Morgan fingerprint density at radius 1 is 1.45 bits per heavy atom. The van der Waals surface area contributed by atoms with Gasteiger partial charge in [-0.1, -0.05) is 13.8 Å². The van der Waals surface area contributed by atoms with Crippen molar-refractivity contribution in [3.05, 3.63) is 0 Å². The van der Waals surface area contributed by atoms with Crippen molar-refractivity contribution in [3.63, 3.8) is 0 Å². The molecule has 2 rings (SSSR count). The highest BCUT2D eigenvalue weighted by Crippen LogP contribution is 2.22. The Hall–Kier alpha value is -1.67. The third kappa shape index (κ3) is 3.45. The number of hydrogen-bond donors (Lipinski definition) is 3. The second-order valence-corrected chi connectivity index (χ2v) is 5.01. The summed E-state index contributed by atoms with van der Waals surface area (Å²) in [5.74, 6) is 6.36. The maximum Gasteiger partial charge on any atom is 0.323 e. The quantitative estimate of drug-likeness (QED) is 0.517. The Kier molecular flexibility index (Phi) is 4.91. The monoisotopic (exact) mass is 282 g/mol. The molecule has 0 radical (unpaired) electrons. The largest absolute Gasteiger partial charge is 0.463 e. The molecule has 1 aromatic heterocycles. The zero-order valence-electron chi connectivity index (χ0n) is 11.9. The molecule has 2 atom stereocenters. The number of hydrogen-bond acceptors (Lipinski definition) is 8. The Bertz CT molecular complexity index is 444. The number of nitrogens with one attached hydrogen (secondary N) is 1. The molecule has 1 saturated heterocycles. The predicted molar refractivity (Wildman–Crippen MR) is 75.4 cm³/mol. The summed E-state index contributed by atoms with van der Waals surface area (Å²) >= 11 is 0. The molecule has 20 heavy (non-hydrogen) atoms. The first kappa shape index (κ1) is 14.7. The van der Waals surface area contributed by atoms with E-state index in [0.29, 0.717) is 32.1 Å². The summed E-state index contributed by atoms with van der Waals surface area (Å²) in [4.78, 5) is 14.6. The molecule has 0 spiro atoms. The van der Waals surface area contributed by atoms with Crippen molar-refractivity contribution in [2.75, 3.05) is 30.0 Å². The van der Waals surface area contributed by atoms with E-state index in [-0.39, 0.29) is 24.0 Å². The fourth-order valence-electron chi connectivity index (χ4n) is 2.12. The van der Waals surface area contributed by atoms with E-state index < -0.39 is 0 Å². The molecule has 8 heteroatoms. The number of nitrogens with two attached hydrogens (primary N) is 1. The maximum atomic E-state index is 9.78. The lowest BCUT2D eigenvalue weighted by Gasteiger charge is -2.34. The van der Waals surface area contributed by atoms with Crippen LogP contribution in [0, 0.1) is 5.92 Å². The normalized spacial score (nSPS) is 22.7. The lowest BCUT2D eigenvalue weighted by atomic mass is 9.97. The van der Waals surface area contributed by atoms with Gasteiger partial charge in [-0.3, -0.25) is 5.43 Å². The summed E-state index contributed by atoms with van der Waals surface area (Å²) in [5, 5.41) is 9.78. The second-order valence-electron chi connectivity index (χ2n) is 5.01. The molecule has 1 aliphatic rings. The molecule has 2 heterocycles. The predicted octanol–water partition coefficient (Wildman–Crippen LogP) is 0.153. The van der Waals surface area contributed by atoms with Gasteiger partial charge in [0.15, 0.2) is 0 Å². The molecule has 0 aromatic carbocycles. The Morgan fingerprint density at radius 3 is 2.90 bits per heavy atom. The van der Waals surface area contributed by atoms with Crippen molar-refractivity contribution in [2.45, 2.75) is 32.8 Å². The van der Waals surface area contributed by atoms with E-state index in [2.05, 4.69) is 20.4 Å². The Morgan fingerprint density at radius 2 is 2.25 bits per heavy atom. The fourth-order valence-corrected chi connectivity index (χ4v) is 2.12. The number of rotatable bonds is 5. The van der Waals surface area contributed by atoms with Gasteiger partial charge in [-0.2, -0.15) is 15.0 Å².